The fourth-order valence-electron chi connectivity index (χ4n) is 2.59. The summed E-state index contributed by atoms with van der Waals surface area (Å²) in [5.41, 5.74) is 1.86. The normalized spacial score (nSPS) is 10.5. The van der Waals surface area contributed by atoms with Gasteiger partial charge in [-0.3, -0.25) is 4.79 Å². The van der Waals surface area contributed by atoms with Crippen LogP contribution in [-0.2, 0) is 6.54 Å². The summed E-state index contributed by atoms with van der Waals surface area (Å²) >= 11 is 0. The molecular weight excluding hydrogens is 302 g/mol. The van der Waals surface area contributed by atoms with E-state index >= 15 is 0 Å². The van der Waals surface area contributed by atoms with Crippen LogP contribution in [0.15, 0.2) is 65.6 Å². The van der Waals surface area contributed by atoms with Crippen LogP contribution < -0.4 is 10.7 Å². The number of aromatic nitrogens is 1. The lowest BCUT2D eigenvalue weighted by molar-refractivity contribution is 0.212. The molecule has 0 aliphatic rings. The highest BCUT2D eigenvalue weighted by atomic mass is 16.2. The molecule has 2 N–H and O–H groups in total. The molecule has 0 saturated carbocycles. The number of carbonyl (C=O) groups excluding carboxylic acids is 1. The van der Waals surface area contributed by atoms with E-state index < -0.39 is 0 Å². The molecule has 0 atom stereocenters. The van der Waals surface area contributed by atoms with Crippen LogP contribution in [0.2, 0.25) is 0 Å². The van der Waals surface area contributed by atoms with Gasteiger partial charge < -0.3 is 15.2 Å². The molecule has 0 saturated heterocycles. The molecule has 5 heteroatoms. The lowest BCUT2D eigenvalue weighted by Crippen LogP contribution is -2.35. The number of hydrogen-bond acceptors (Lipinski definition) is 2. The van der Waals surface area contributed by atoms with Crippen molar-refractivity contribution in [3.05, 3.63) is 76.6 Å². The number of nitrogens with one attached hydrogen (secondary N) is 2. The number of amides is 2. The van der Waals surface area contributed by atoms with Crippen LogP contribution in [0.5, 0.6) is 0 Å². The summed E-state index contributed by atoms with van der Waals surface area (Å²) in [5, 5.41) is 3.27. The lowest BCUT2D eigenvalue weighted by atomic mass is 10.2. The monoisotopic (exact) mass is 321 g/mol. The average Bonchev–Trinajstić information content (AvgIpc) is 2.63. The number of anilines is 1. The van der Waals surface area contributed by atoms with Crippen molar-refractivity contribution >= 4 is 22.6 Å². The third-order valence-corrected chi connectivity index (χ3v) is 3.92. The summed E-state index contributed by atoms with van der Waals surface area (Å²) in [7, 11) is 0. The van der Waals surface area contributed by atoms with Crippen molar-refractivity contribution in [3.63, 3.8) is 0 Å². The fraction of sp³-hybridized carbons (Fsp3) is 0.158. The van der Waals surface area contributed by atoms with Gasteiger partial charge in [-0.25, -0.2) is 4.79 Å². The van der Waals surface area contributed by atoms with Gasteiger partial charge in [-0.15, -0.1) is 0 Å². The largest absolute Gasteiger partial charge is 0.359 e. The Balaban J connectivity index is 1.80. The zero-order chi connectivity index (χ0) is 16.9. The van der Waals surface area contributed by atoms with Crippen LogP contribution in [0.3, 0.4) is 0 Å². The first-order chi connectivity index (χ1) is 11.7. The molecule has 0 fully saturated rings. The van der Waals surface area contributed by atoms with Gasteiger partial charge in [0, 0.05) is 30.2 Å². The lowest BCUT2D eigenvalue weighted by Gasteiger charge is -2.21. The van der Waals surface area contributed by atoms with Crippen molar-refractivity contribution in [1.29, 1.82) is 0 Å². The summed E-state index contributed by atoms with van der Waals surface area (Å²) in [5.74, 6) is 0. The van der Waals surface area contributed by atoms with E-state index in [0.717, 1.165) is 11.1 Å². The zero-order valence-electron chi connectivity index (χ0n) is 13.5. The van der Waals surface area contributed by atoms with E-state index in [2.05, 4.69) is 10.3 Å². The maximum atomic E-state index is 12.5. The summed E-state index contributed by atoms with van der Waals surface area (Å²) in [6.45, 7) is 2.95. The molecule has 0 bridgehead atoms. The number of pyridine rings is 1. The quantitative estimate of drug-likeness (QED) is 0.771. The first-order valence-electron chi connectivity index (χ1n) is 7.89. The molecule has 0 unspecified atom stereocenters. The van der Waals surface area contributed by atoms with Crippen LogP contribution in [-0.4, -0.2) is 22.5 Å². The molecule has 0 aliphatic carbocycles. The molecule has 3 aromatic rings. The predicted molar refractivity (Wildman–Crippen MR) is 96.1 cm³/mol. The molecule has 3 rings (SSSR count). The summed E-state index contributed by atoms with van der Waals surface area (Å²) in [6.07, 6.45) is 1.54. The van der Waals surface area contributed by atoms with Crippen LogP contribution in [0, 0.1) is 0 Å². The molecule has 0 radical (unpaired) electrons. The van der Waals surface area contributed by atoms with Gasteiger partial charge in [0.15, 0.2) is 0 Å². The molecule has 0 spiro atoms. The van der Waals surface area contributed by atoms with E-state index in [9.17, 15) is 9.59 Å². The number of hydrogen-bond donors (Lipinski definition) is 2. The van der Waals surface area contributed by atoms with Crippen LogP contribution >= 0.6 is 0 Å². The van der Waals surface area contributed by atoms with E-state index in [-0.39, 0.29) is 17.1 Å². The molecule has 0 aliphatic heterocycles. The standard InChI is InChI=1S/C19H19N3O2/c1-2-22(13-14-8-4-3-5-9-14)19(24)21-17-12-20-16-11-7-6-10-15(16)18(17)23/h3-12H,2,13H2,1H3,(H,20,23)(H,21,24). The van der Waals surface area contributed by atoms with Gasteiger partial charge >= 0.3 is 6.03 Å². The van der Waals surface area contributed by atoms with Gasteiger partial charge in [-0.05, 0) is 24.6 Å². The van der Waals surface area contributed by atoms with E-state index in [0.29, 0.717) is 18.5 Å². The maximum absolute atomic E-state index is 12.5. The Morgan fingerprint density at radius 1 is 1.08 bits per heavy atom. The van der Waals surface area contributed by atoms with Gasteiger partial charge in [0.05, 0.1) is 0 Å². The Hall–Kier alpha value is -3.08. The van der Waals surface area contributed by atoms with Crippen molar-refractivity contribution in [3.8, 4) is 0 Å². The number of para-hydroxylation sites is 1. The van der Waals surface area contributed by atoms with Crippen LogP contribution in [0.1, 0.15) is 12.5 Å². The molecule has 1 heterocycles. The first kappa shape index (κ1) is 15.8. The van der Waals surface area contributed by atoms with Gasteiger partial charge in [-0.1, -0.05) is 42.5 Å². The Bertz CT molecular complexity index is 903. The number of fused-ring (bicyclic) bond motifs is 1. The van der Waals surface area contributed by atoms with Crippen molar-refractivity contribution in [2.75, 3.05) is 11.9 Å². The molecule has 5 nitrogen and oxygen atoms in total. The van der Waals surface area contributed by atoms with Crippen LogP contribution in [0.25, 0.3) is 10.9 Å². The number of urea groups is 1. The smallest absolute Gasteiger partial charge is 0.322 e. The minimum Gasteiger partial charge on any atom is -0.359 e. The second-order valence-corrected chi connectivity index (χ2v) is 5.51. The van der Waals surface area contributed by atoms with Crippen LogP contribution in [0.4, 0.5) is 10.5 Å². The Kier molecular flexibility index (Phi) is 4.61. The first-order valence-corrected chi connectivity index (χ1v) is 7.89. The minimum atomic E-state index is -0.290. The highest BCUT2D eigenvalue weighted by Crippen LogP contribution is 2.11. The van der Waals surface area contributed by atoms with Crippen molar-refractivity contribution < 1.29 is 4.79 Å². The highest BCUT2D eigenvalue weighted by molar-refractivity contribution is 5.91. The summed E-state index contributed by atoms with van der Waals surface area (Å²) in [4.78, 5) is 29.7. The number of aromatic amines is 1. The van der Waals surface area contributed by atoms with E-state index in [1.807, 2.05) is 49.4 Å². The van der Waals surface area contributed by atoms with Crippen molar-refractivity contribution in [1.82, 2.24) is 9.88 Å². The van der Waals surface area contributed by atoms with Crippen molar-refractivity contribution in [2.45, 2.75) is 13.5 Å². The highest BCUT2D eigenvalue weighted by Gasteiger charge is 2.14. The molecule has 122 valence electrons. The second kappa shape index (κ2) is 7.00. The van der Waals surface area contributed by atoms with Gasteiger partial charge in [0.25, 0.3) is 0 Å². The summed E-state index contributed by atoms with van der Waals surface area (Å²) < 4.78 is 0. The number of carbonyl (C=O) groups is 1. The molecule has 1 aromatic heterocycles. The SMILES string of the molecule is CCN(Cc1ccccc1)C(=O)Nc1c[nH]c2ccccc2c1=O. The van der Waals surface area contributed by atoms with Gasteiger partial charge in [0.2, 0.25) is 5.43 Å². The number of nitrogens with zero attached hydrogens (tertiary/aromatic N) is 1. The minimum absolute atomic E-state index is 0.187. The zero-order valence-corrected chi connectivity index (χ0v) is 13.5. The molecule has 2 amide bonds. The summed E-state index contributed by atoms with van der Waals surface area (Å²) in [6, 6.07) is 16.7. The fourth-order valence-corrected chi connectivity index (χ4v) is 2.59. The van der Waals surface area contributed by atoms with Gasteiger partial charge in [-0.2, -0.15) is 0 Å². The second-order valence-electron chi connectivity index (χ2n) is 5.51. The van der Waals surface area contributed by atoms with E-state index in [1.165, 1.54) is 0 Å². The average molecular weight is 321 g/mol. The number of H-pyrrole nitrogens is 1. The molecular formula is C19H19N3O2. The third-order valence-electron chi connectivity index (χ3n) is 3.92. The predicted octanol–water partition coefficient (Wildman–Crippen LogP) is 3.58. The number of rotatable bonds is 4. The molecule has 2 aromatic carbocycles. The van der Waals surface area contributed by atoms with E-state index in [1.54, 1.807) is 23.2 Å². The Labute approximate surface area is 139 Å². The van der Waals surface area contributed by atoms with Gasteiger partial charge in [0.1, 0.15) is 5.69 Å². The number of benzene rings is 2. The van der Waals surface area contributed by atoms with Crippen molar-refractivity contribution in [2.24, 2.45) is 0 Å². The molecule has 24 heavy (non-hydrogen) atoms. The third kappa shape index (κ3) is 3.30. The Morgan fingerprint density at radius 2 is 1.79 bits per heavy atom. The maximum Gasteiger partial charge on any atom is 0.322 e. The van der Waals surface area contributed by atoms with E-state index in [4.69, 9.17) is 0 Å². The Morgan fingerprint density at radius 3 is 2.54 bits per heavy atom. The topological polar surface area (TPSA) is 65.2 Å².